The van der Waals surface area contributed by atoms with E-state index in [4.69, 9.17) is 4.98 Å². The SMILES string of the molecule is Cc1cc2c(cc1[N+](=O)[O-])c(=O)c(-c1cccc(-c3nncn3C(C)C)n1)cn2C(C)C. The molecule has 9 heteroatoms. The molecule has 0 bridgehead atoms. The largest absolute Gasteiger partial charge is 0.344 e. The maximum absolute atomic E-state index is 13.5. The lowest BCUT2D eigenvalue weighted by Crippen LogP contribution is -2.15. The van der Waals surface area contributed by atoms with E-state index in [1.54, 1.807) is 31.6 Å². The molecule has 0 aliphatic rings. The van der Waals surface area contributed by atoms with E-state index in [1.165, 1.54) is 6.07 Å². The maximum atomic E-state index is 13.5. The topological polar surface area (TPSA) is 109 Å². The van der Waals surface area contributed by atoms with Gasteiger partial charge in [0.1, 0.15) is 12.0 Å². The standard InChI is InChI=1S/C23H24N6O3/c1-13(2)27-11-17(22(30)16-10-20(29(31)32)15(5)9-21(16)27)18-7-6-8-19(25-18)23-26-24-12-28(23)14(3)4/h6-14H,1-5H3. The Bertz CT molecular complexity index is 1400. The van der Waals surface area contributed by atoms with E-state index in [0.29, 0.717) is 39.2 Å². The van der Waals surface area contributed by atoms with Gasteiger partial charge in [0.2, 0.25) is 0 Å². The minimum atomic E-state index is -0.460. The number of hydrogen-bond acceptors (Lipinski definition) is 6. The molecule has 0 fully saturated rings. The Balaban J connectivity index is 1.98. The predicted molar refractivity (Wildman–Crippen MR) is 123 cm³/mol. The number of benzene rings is 1. The zero-order valence-corrected chi connectivity index (χ0v) is 18.6. The molecule has 0 saturated heterocycles. The molecular formula is C23H24N6O3. The number of nitro groups is 1. The molecule has 0 N–H and O–H groups in total. The molecule has 0 spiro atoms. The van der Waals surface area contributed by atoms with Crippen molar-refractivity contribution < 1.29 is 4.92 Å². The van der Waals surface area contributed by atoms with Crippen LogP contribution in [-0.2, 0) is 0 Å². The molecule has 0 unspecified atom stereocenters. The second kappa shape index (κ2) is 7.99. The van der Waals surface area contributed by atoms with Crippen molar-refractivity contribution in [2.75, 3.05) is 0 Å². The van der Waals surface area contributed by atoms with Gasteiger partial charge < -0.3 is 9.13 Å². The van der Waals surface area contributed by atoms with Gasteiger partial charge in [0.25, 0.3) is 5.69 Å². The molecule has 0 aliphatic heterocycles. The second-order valence-corrected chi connectivity index (χ2v) is 8.35. The summed E-state index contributed by atoms with van der Waals surface area (Å²) in [5, 5.41) is 20.0. The summed E-state index contributed by atoms with van der Waals surface area (Å²) in [6.45, 7) is 9.72. The number of pyridine rings is 2. The summed E-state index contributed by atoms with van der Waals surface area (Å²) >= 11 is 0. The van der Waals surface area contributed by atoms with Crippen LogP contribution in [0.3, 0.4) is 0 Å². The Morgan fingerprint density at radius 2 is 1.72 bits per heavy atom. The molecule has 164 valence electrons. The van der Waals surface area contributed by atoms with Gasteiger partial charge in [-0.15, -0.1) is 10.2 Å². The number of rotatable bonds is 5. The first-order chi connectivity index (χ1) is 15.2. The van der Waals surface area contributed by atoms with Crippen LogP contribution in [0.5, 0.6) is 0 Å². The fourth-order valence-corrected chi connectivity index (χ4v) is 3.81. The Kier molecular flexibility index (Phi) is 5.33. The molecular weight excluding hydrogens is 408 g/mol. The fourth-order valence-electron chi connectivity index (χ4n) is 3.81. The van der Waals surface area contributed by atoms with Gasteiger partial charge in [0.15, 0.2) is 11.3 Å². The van der Waals surface area contributed by atoms with Crippen LogP contribution in [-0.4, -0.2) is 29.2 Å². The van der Waals surface area contributed by atoms with Gasteiger partial charge in [-0.3, -0.25) is 14.9 Å². The highest BCUT2D eigenvalue weighted by atomic mass is 16.6. The van der Waals surface area contributed by atoms with E-state index < -0.39 is 4.92 Å². The molecule has 4 aromatic rings. The normalized spacial score (nSPS) is 11.6. The molecule has 0 atom stereocenters. The second-order valence-electron chi connectivity index (χ2n) is 8.35. The summed E-state index contributed by atoms with van der Waals surface area (Å²) in [6, 6.07) is 8.65. The number of aromatic nitrogens is 5. The third-order valence-corrected chi connectivity index (χ3v) is 5.49. The number of aryl methyl sites for hydroxylation is 1. The zero-order valence-electron chi connectivity index (χ0n) is 18.6. The first-order valence-electron chi connectivity index (χ1n) is 10.4. The van der Waals surface area contributed by atoms with Crippen molar-refractivity contribution in [2.45, 2.75) is 46.7 Å². The van der Waals surface area contributed by atoms with Crippen LogP contribution in [0.25, 0.3) is 33.7 Å². The van der Waals surface area contributed by atoms with Gasteiger partial charge in [-0.1, -0.05) is 6.07 Å². The van der Waals surface area contributed by atoms with Crippen molar-refractivity contribution in [1.82, 2.24) is 24.3 Å². The molecule has 32 heavy (non-hydrogen) atoms. The molecule has 4 rings (SSSR count). The first-order valence-corrected chi connectivity index (χ1v) is 10.4. The molecule has 3 aromatic heterocycles. The van der Waals surface area contributed by atoms with Gasteiger partial charge in [-0.25, -0.2) is 4.98 Å². The maximum Gasteiger partial charge on any atom is 0.273 e. The lowest BCUT2D eigenvalue weighted by molar-refractivity contribution is -0.385. The van der Waals surface area contributed by atoms with Crippen LogP contribution in [0.4, 0.5) is 5.69 Å². The average molecular weight is 432 g/mol. The van der Waals surface area contributed by atoms with Crippen LogP contribution < -0.4 is 5.43 Å². The number of fused-ring (bicyclic) bond motifs is 1. The van der Waals surface area contributed by atoms with Crippen molar-refractivity contribution in [3.05, 3.63) is 68.8 Å². The van der Waals surface area contributed by atoms with E-state index >= 15 is 0 Å². The molecule has 0 radical (unpaired) electrons. The summed E-state index contributed by atoms with van der Waals surface area (Å²) in [6.07, 6.45) is 3.43. The average Bonchev–Trinajstić information content (AvgIpc) is 3.24. The monoisotopic (exact) mass is 432 g/mol. The lowest BCUT2D eigenvalue weighted by Gasteiger charge is -2.17. The van der Waals surface area contributed by atoms with Crippen molar-refractivity contribution in [3.8, 4) is 22.8 Å². The van der Waals surface area contributed by atoms with E-state index in [2.05, 4.69) is 10.2 Å². The van der Waals surface area contributed by atoms with Crippen molar-refractivity contribution in [3.63, 3.8) is 0 Å². The summed E-state index contributed by atoms with van der Waals surface area (Å²) < 4.78 is 3.86. The van der Waals surface area contributed by atoms with Crippen LogP contribution in [0.15, 0.2) is 47.7 Å². The fraction of sp³-hybridized carbons (Fsp3) is 0.304. The van der Waals surface area contributed by atoms with E-state index in [0.717, 1.165) is 0 Å². The third-order valence-electron chi connectivity index (χ3n) is 5.49. The molecule has 1 aromatic carbocycles. The Morgan fingerprint density at radius 1 is 1.03 bits per heavy atom. The van der Waals surface area contributed by atoms with Crippen molar-refractivity contribution in [1.29, 1.82) is 0 Å². The van der Waals surface area contributed by atoms with E-state index in [-0.39, 0.29) is 23.2 Å². The smallest absolute Gasteiger partial charge is 0.273 e. The third kappa shape index (κ3) is 3.55. The molecule has 0 amide bonds. The quantitative estimate of drug-likeness (QED) is 0.334. The van der Waals surface area contributed by atoms with Crippen LogP contribution in [0.1, 0.15) is 45.3 Å². The van der Waals surface area contributed by atoms with E-state index in [1.807, 2.05) is 49.0 Å². The van der Waals surface area contributed by atoms with Gasteiger partial charge in [0, 0.05) is 29.9 Å². The minimum Gasteiger partial charge on any atom is -0.344 e. The Morgan fingerprint density at radius 3 is 2.38 bits per heavy atom. The highest BCUT2D eigenvalue weighted by Crippen LogP contribution is 2.28. The summed E-state index contributed by atoms with van der Waals surface area (Å²) in [7, 11) is 0. The molecule has 0 aliphatic carbocycles. The van der Waals surface area contributed by atoms with Gasteiger partial charge in [-0.05, 0) is 52.8 Å². The predicted octanol–water partition coefficient (Wildman–Crippen LogP) is 4.70. The zero-order chi connectivity index (χ0) is 23.2. The summed E-state index contributed by atoms with van der Waals surface area (Å²) in [4.78, 5) is 29.2. The van der Waals surface area contributed by atoms with Crippen LogP contribution in [0.2, 0.25) is 0 Å². The number of hydrogen-bond donors (Lipinski definition) is 0. The van der Waals surface area contributed by atoms with Crippen LogP contribution in [0, 0.1) is 17.0 Å². The molecule has 3 heterocycles. The van der Waals surface area contributed by atoms with Crippen molar-refractivity contribution >= 4 is 16.6 Å². The summed E-state index contributed by atoms with van der Waals surface area (Å²) in [5.74, 6) is 0.609. The molecule has 9 nitrogen and oxygen atoms in total. The lowest BCUT2D eigenvalue weighted by atomic mass is 10.0. The highest BCUT2D eigenvalue weighted by molar-refractivity contribution is 5.86. The van der Waals surface area contributed by atoms with Gasteiger partial charge in [-0.2, -0.15) is 0 Å². The van der Waals surface area contributed by atoms with Crippen LogP contribution >= 0.6 is 0 Å². The Labute approximate surface area is 184 Å². The highest BCUT2D eigenvalue weighted by Gasteiger charge is 2.20. The molecule has 0 saturated carbocycles. The minimum absolute atomic E-state index is 0.0323. The summed E-state index contributed by atoms with van der Waals surface area (Å²) in [5.41, 5.74) is 2.25. The number of nitro benzene ring substituents is 1. The first kappa shape index (κ1) is 21.4. The van der Waals surface area contributed by atoms with Gasteiger partial charge >= 0.3 is 0 Å². The Hall–Kier alpha value is -3.88. The number of nitrogens with zero attached hydrogens (tertiary/aromatic N) is 6. The van der Waals surface area contributed by atoms with E-state index in [9.17, 15) is 14.9 Å². The van der Waals surface area contributed by atoms with Crippen molar-refractivity contribution in [2.24, 2.45) is 0 Å². The van der Waals surface area contributed by atoms with Gasteiger partial charge in [0.05, 0.1) is 27.1 Å².